The predicted octanol–water partition coefficient (Wildman–Crippen LogP) is 1.97. The van der Waals surface area contributed by atoms with Gasteiger partial charge in [-0.1, -0.05) is 24.3 Å². The number of amides is 3. The van der Waals surface area contributed by atoms with Gasteiger partial charge in [-0.2, -0.15) is 0 Å². The Morgan fingerprint density at radius 3 is 2.57 bits per heavy atom. The molecule has 0 saturated carbocycles. The molecule has 4 rings (SSSR count). The normalized spacial score (nSPS) is 19.1. The molecule has 2 aliphatic rings. The molecule has 28 heavy (non-hydrogen) atoms. The van der Waals surface area contributed by atoms with E-state index in [0.29, 0.717) is 10.5 Å². The number of hydrogen-bond donors (Lipinski definition) is 2. The molecule has 0 aliphatic carbocycles. The first-order valence-electron chi connectivity index (χ1n) is 8.17. The van der Waals surface area contributed by atoms with Crippen LogP contribution in [0.4, 0.5) is 4.79 Å². The van der Waals surface area contributed by atoms with Crippen LogP contribution >= 0.6 is 0 Å². The molecule has 0 unspecified atom stereocenters. The highest BCUT2D eigenvalue weighted by molar-refractivity contribution is 6.28. The SMILES string of the molecule is O=C1Oc2ccccc2C(=O)/C1=C\N1C(=O)N/C(=C\c2cccc(O)c2)C1=O. The van der Waals surface area contributed by atoms with Crippen molar-refractivity contribution in [1.29, 1.82) is 0 Å². The van der Waals surface area contributed by atoms with Crippen molar-refractivity contribution < 1.29 is 29.0 Å². The molecule has 0 aromatic heterocycles. The quantitative estimate of drug-likeness (QED) is 0.272. The fourth-order valence-corrected chi connectivity index (χ4v) is 2.82. The van der Waals surface area contributed by atoms with E-state index in [1.807, 2.05) is 0 Å². The lowest BCUT2D eigenvalue weighted by Gasteiger charge is -2.17. The lowest BCUT2D eigenvalue weighted by molar-refractivity contribution is -0.130. The summed E-state index contributed by atoms with van der Waals surface area (Å²) in [4.78, 5) is 50.1. The summed E-state index contributed by atoms with van der Waals surface area (Å²) in [5, 5.41) is 11.9. The van der Waals surface area contributed by atoms with Crippen molar-refractivity contribution >= 4 is 29.8 Å². The third-order valence-corrected chi connectivity index (χ3v) is 4.15. The molecule has 3 amide bonds. The average Bonchev–Trinajstić information content (AvgIpc) is 2.92. The number of ketones is 1. The third-order valence-electron chi connectivity index (χ3n) is 4.15. The number of aromatic hydroxyl groups is 1. The molecule has 2 N–H and O–H groups in total. The molecule has 0 radical (unpaired) electrons. The Bertz CT molecular complexity index is 1120. The van der Waals surface area contributed by atoms with Crippen molar-refractivity contribution in [1.82, 2.24) is 10.2 Å². The number of carbonyl (C=O) groups is 4. The summed E-state index contributed by atoms with van der Waals surface area (Å²) >= 11 is 0. The van der Waals surface area contributed by atoms with E-state index in [2.05, 4.69) is 5.32 Å². The van der Waals surface area contributed by atoms with E-state index in [0.717, 1.165) is 6.20 Å². The van der Waals surface area contributed by atoms with Gasteiger partial charge < -0.3 is 15.2 Å². The Hall–Kier alpha value is -4.20. The molecule has 0 bridgehead atoms. The van der Waals surface area contributed by atoms with Crippen LogP contribution in [-0.4, -0.2) is 33.7 Å². The zero-order valence-electron chi connectivity index (χ0n) is 14.2. The number of carbonyl (C=O) groups excluding carboxylic acids is 4. The minimum absolute atomic E-state index is 0.000639. The van der Waals surface area contributed by atoms with Crippen molar-refractivity contribution in [3.63, 3.8) is 0 Å². The second-order valence-corrected chi connectivity index (χ2v) is 6.02. The number of urea groups is 1. The Labute approximate surface area is 158 Å². The van der Waals surface area contributed by atoms with Crippen LogP contribution in [0.1, 0.15) is 15.9 Å². The van der Waals surface area contributed by atoms with Crippen LogP contribution in [-0.2, 0) is 9.59 Å². The number of fused-ring (bicyclic) bond motifs is 1. The van der Waals surface area contributed by atoms with E-state index >= 15 is 0 Å². The Balaban J connectivity index is 1.67. The number of para-hydroxylation sites is 1. The van der Waals surface area contributed by atoms with E-state index < -0.39 is 29.3 Å². The highest BCUT2D eigenvalue weighted by atomic mass is 16.5. The smallest absolute Gasteiger partial charge is 0.349 e. The number of phenols is 1. The summed E-state index contributed by atoms with van der Waals surface area (Å²) in [6.45, 7) is 0. The van der Waals surface area contributed by atoms with Crippen LogP contribution in [0, 0.1) is 0 Å². The van der Waals surface area contributed by atoms with Gasteiger partial charge in [-0.25, -0.2) is 14.5 Å². The number of nitrogens with one attached hydrogen (secondary N) is 1. The molecule has 2 heterocycles. The summed E-state index contributed by atoms with van der Waals surface area (Å²) in [5.74, 6) is -2.22. The summed E-state index contributed by atoms with van der Waals surface area (Å²) in [6.07, 6.45) is 2.25. The van der Waals surface area contributed by atoms with Gasteiger partial charge in [0.15, 0.2) is 0 Å². The Morgan fingerprint density at radius 1 is 1.00 bits per heavy atom. The first kappa shape index (κ1) is 17.2. The average molecular weight is 376 g/mol. The second kappa shape index (κ2) is 6.51. The zero-order valence-corrected chi connectivity index (χ0v) is 14.2. The van der Waals surface area contributed by atoms with E-state index in [1.54, 1.807) is 24.3 Å². The molecular formula is C20H12N2O6. The van der Waals surface area contributed by atoms with E-state index in [1.165, 1.54) is 30.3 Å². The predicted molar refractivity (Wildman–Crippen MR) is 96.0 cm³/mol. The van der Waals surface area contributed by atoms with Gasteiger partial charge in [0.25, 0.3) is 5.91 Å². The van der Waals surface area contributed by atoms with Gasteiger partial charge in [0, 0.05) is 6.20 Å². The topological polar surface area (TPSA) is 113 Å². The maximum Gasteiger partial charge on any atom is 0.349 e. The van der Waals surface area contributed by atoms with Crippen LogP contribution in [0.2, 0.25) is 0 Å². The van der Waals surface area contributed by atoms with Crippen LogP contribution in [0.3, 0.4) is 0 Å². The maximum absolute atomic E-state index is 12.6. The molecule has 1 saturated heterocycles. The lowest BCUT2D eigenvalue weighted by Crippen LogP contribution is -2.31. The van der Waals surface area contributed by atoms with Crippen molar-refractivity contribution in [2.75, 3.05) is 0 Å². The number of benzene rings is 2. The number of esters is 1. The summed E-state index contributed by atoms with van der Waals surface area (Å²) in [5.41, 5.74) is 0.154. The van der Waals surface area contributed by atoms with Gasteiger partial charge in [-0.3, -0.25) is 9.59 Å². The van der Waals surface area contributed by atoms with E-state index in [9.17, 15) is 24.3 Å². The van der Waals surface area contributed by atoms with E-state index in [4.69, 9.17) is 4.74 Å². The molecule has 8 heteroatoms. The lowest BCUT2D eigenvalue weighted by atomic mass is 10.0. The maximum atomic E-state index is 12.6. The first-order valence-corrected chi connectivity index (χ1v) is 8.17. The number of Topliss-reactive ketones (excluding diaryl/α,β-unsaturated/α-hetero) is 1. The molecule has 2 aromatic rings. The molecule has 1 fully saturated rings. The van der Waals surface area contributed by atoms with Crippen LogP contribution in [0.5, 0.6) is 11.5 Å². The minimum atomic E-state index is -0.949. The van der Waals surface area contributed by atoms with Gasteiger partial charge in [0.1, 0.15) is 22.8 Å². The fourth-order valence-electron chi connectivity index (χ4n) is 2.82. The highest BCUT2D eigenvalue weighted by Gasteiger charge is 2.37. The number of rotatable bonds is 2. The number of imide groups is 1. The molecule has 0 spiro atoms. The second-order valence-electron chi connectivity index (χ2n) is 6.02. The number of nitrogens with zero attached hydrogens (tertiary/aromatic N) is 1. The Morgan fingerprint density at radius 2 is 1.79 bits per heavy atom. The van der Waals surface area contributed by atoms with Crippen LogP contribution in [0.15, 0.2) is 66.0 Å². The van der Waals surface area contributed by atoms with Crippen LogP contribution in [0.25, 0.3) is 6.08 Å². The fraction of sp³-hybridized carbons (Fsp3) is 0. The van der Waals surface area contributed by atoms with Gasteiger partial charge >= 0.3 is 12.0 Å². The monoisotopic (exact) mass is 376 g/mol. The Kier molecular flexibility index (Phi) is 4.00. The molecular weight excluding hydrogens is 364 g/mol. The highest BCUT2D eigenvalue weighted by Crippen LogP contribution is 2.28. The van der Waals surface area contributed by atoms with Gasteiger partial charge in [0.05, 0.1) is 5.56 Å². The standard InChI is InChI=1S/C20H12N2O6/c23-12-5-3-4-11(8-12)9-15-18(25)22(20(27)21-15)10-14-17(24)13-6-1-2-7-16(13)28-19(14)26/h1-10,23H,(H,21,27)/b14-10+,15-9-. The van der Waals surface area contributed by atoms with E-state index in [-0.39, 0.29) is 22.8 Å². The van der Waals surface area contributed by atoms with Crippen molar-refractivity contribution in [3.05, 3.63) is 77.1 Å². The van der Waals surface area contributed by atoms with Crippen molar-refractivity contribution in [3.8, 4) is 11.5 Å². The number of phenolic OH excluding ortho intramolecular Hbond substituents is 1. The molecule has 138 valence electrons. The van der Waals surface area contributed by atoms with Crippen molar-refractivity contribution in [2.24, 2.45) is 0 Å². The number of ether oxygens (including phenoxy) is 1. The summed E-state index contributed by atoms with van der Waals surface area (Å²) in [7, 11) is 0. The van der Waals surface area contributed by atoms with Gasteiger partial charge in [0.2, 0.25) is 5.78 Å². The van der Waals surface area contributed by atoms with Crippen LogP contribution < -0.4 is 10.1 Å². The molecule has 2 aliphatic heterocycles. The largest absolute Gasteiger partial charge is 0.508 e. The van der Waals surface area contributed by atoms with Crippen molar-refractivity contribution in [2.45, 2.75) is 0 Å². The number of hydrogen-bond acceptors (Lipinski definition) is 6. The summed E-state index contributed by atoms with van der Waals surface area (Å²) < 4.78 is 5.09. The summed E-state index contributed by atoms with van der Waals surface area (Å²) in [6, 6.07) is 11.5. The van der Waals surface area contributed by atoms with Gasteiger partial charge in [-0.05, 0) is 35.9 Å². The molecule has 0 atom stereocenters. The first-order chi connectivity index (χ1) is 13.4. The molecule has 2 aromatic carbocycles. The zero-order chi connectivity index (χ0) is 19.8. The van der Waals surface area contributed by atoms with Gasteiger partial charge in [-0.15, -0.1) is 0 Å². The molecule has 8 nitrogen and oxygen atoms in total. The minimum Gasteiger partial charge on any atom is -0.508 e. The third kappa shape index (κ3) is 2.92.